The molecule has 0 spiro atoms. The molecule has 0 aromatic rings. The van der Waals surface area contributed by atoms with Crippen LogP contribution in [0.15, 0.2) is 24.3 Å². The van der Waals surface area contributed by atoms with Crippen LogP contribution in [0.4, 0.5) is 0 Å². The highest BCUT2D eigenvalue weighted by Gasteiger charge is 2.46. The Bertz CT molecular complexity index is 1270. The van der Waals surface area contributed by atoms with Crippen molar-refractivity contribution in [2.75, 3.05) is 19.0 Å². The number of esters is 2. The monoisotopic (exact) mass is 931 g/mol. The lowest BCUT2D eigenvalue weighted by molar-refractivity contribution is -0.297. The Hall–Kier alpha value is -1.87. The van der Waals surface area contributed by atoms with Crippen LogP contribution in [-0.2, 0) is 38.7 Å². The zero-order chi connectivity index (χ0) is 46.9. The molecule has 6 atom stereocenters. The predicted molar refractivity (Wildman–Crippen MR) is 256 cm³/mol. The minimum absolute atomic E-state index is 0.164. The van der Waals surface area contributed by atoms with Crippen LogP contribution < -0.4 is 0 Å². The second-order valence-corrected chi connectivity index (χ2v) is 19.7. The molecule has 0 aliphatic carbocycles. The second-order valence-electron chi connectivity index (χ2n) is 18.2. The summed E-state index contributed by atoms with van der Waals surface area (Å²) in [6, 6.07) is 0. The molecular weight excluding hydrogens is 837 g/mol. The van der Waals surface area contributed by atoms with Gasteiger partial charge in [0.25, 0.3) is 10.1 Å². The fourth-order valence-electron chi connectivity index (χ4n) is 7.95. The molecule has 2 unspecified atom stereocenters. The highest BCUT2D eigenvalue weighted by Crippen LogP contribution is 2.24. The van der Waals surface area contributed by atoms with E-state index in [0.29, 0.717) is 12.8 Å². The number of hydrogen-bond donors (Lipinski definition) is 4. The third kappa shape index (κ3) is 35.3. The number of carbonyl (C=O) groups is 2. The highest BCUT2D eigenvalue weighted by molar-refractivity contribution is 7.85. The number of allylic oxidation sites excluding steroid dienone is 4. The quantitative estimate of drug-likeness (QED) is 0.0196. The van der Waals surface area contributed by atoms with Crippen molar-refractivity contribution in [3.63, 3.8) is 0 Å². The summed E-state index contributed by atoms with van der Waals surface area (Å²) in [5.74, 6) is -1.97. The van der Waals surface area contributed by atoms with E-state index in [1.54, 1.807) is 0 Å². The molecule has 0 amide bonds. The van der Waals surface area contributed by atoms with Gasteiger partial charge in [-0.1, -0.05) is 186 Å². The molecule has 0 radical (unpaired) electrons. The van der Waals surface area contributed by atoms with E-state index >= 15 is 0 Å². The molecule has 1 saturated heterocycles. The maximum Gasteiger partial charge on any atom is 0.306 e. The van der Waals surface area contributed by atoms with Gasteiger partial charge in [0, 0.05) is 12.8 Å². The number of aliphatic hydroxyl groups excluding tert-OH is 3. The summed E-state index contributed by atoms with van der Waals surface area (Å²) < 4.78 is 54.2. The van der Waals surface area contributed by atoms with Crippen LogP contribution in [0.5, 0.6) is 0 Å². The van der Waals surface area contributed by atoms with Gasteiger partial charge in [-0.15, -0.1) is 0 Å². The van der Waals surface area contributed by atoms with Gasteiger partial charge in [0.1, 0.15) is 36.8 Å². The van der Waals surface area contributed by atoms with Crippen LogP contribution >= 0.6 is 0 Å². The number of aliphatic hydroxyl groups is 3. The fourth-order valence-corrected chi connectivity index (χ4v) is 8.64. The Morgan fingerprint density at radius 1 is 0.516 bits per heavy atom. The van der Waals surface area contributed by atoms with Crippen molar-refractivity contribution in [2.24, 2.45) is 0 Å². The minimum Gasteiger partial charge on any atom is -0.462 e. The number of carbonyl (C=O) groups excluding carboxylic acids is 2. The molecular formula is C51H94O12S. The molecule has 1 aliphatic rings. The maximum atomic E-state index is 12.9. The molecule has 1 rings (SSSR count). The molecule has 0 bridgehead atoms. The Balaban J connectivity index is 2.35. The first-order valence-electron chi connectivity index (χ1n) is 25.9. The molecule has 13 heteroatoms. The Labute approximate surface area is 389 Å². The van der Waals surface area contributed by atoms with Crippen LogP contribution in [0.2, 0.25) is 0 Å². The Morgan fingerprint density at radius 3 is 1.34 bits per heavy atom. The molecule has 1 heterocycles. The van der Waals surface area contributed by atoms with Crippen molar-refractivity contribution in [2.45, 2.75) is 269 Å². The SMILES string of the molecule is CCCC/C=C/CCCCCCCCCCCC(=O)O[C@H](COC(=O)CCCCCCCCCCCCC/C=C/CCCCCCCC)CO[C@H]1O[C@H](CS(=O)(=O)O)[C@@H](O)C(O)C1O. The smallest absolute Gasteiger partial charge is 0.306 e. The van der Waals surface area contributed by atoms with Crippen molar-refractivity contribution in [3.05, 3.63) is 24.3 Å². The molecule has 1 aliphatic heterocycles. The number of rotatable bonds is 44. The lowest BCUT2D eigenvalue weighted by Gasteiger charge is -2.40. The first-order chi connectivity index (χ1) is 31.0. The van der Waals surface area contributed by atoms with E-state index in [1.807, 2.05) is 0 Å². The van der Waals surface area contributed by atoms with Crippen molar-refractivity contribution in [1.82, 2.24) is 0 Å². The third-order valence-electron chi connectivity index (χ3n) is 12.0. The lowest BCUT2D eigenvalue weighted by atomic mass is 10.00. The molecule has 12 nitrogen and oxygen atoms in total. The summed E-state index contributed by atoms with van der Waals surface area (Å²) in [6.45, 7) is 3.76. The van der Waals surface area contributed by atoms with E-state index in [1.165, 1.54) is 148 Å². The molecule has 4 N–H and O–H groups in total. The summed E-state index contributed by atoms with van der Waals surface area (Å²) in [7, 11) is -4.60. The first-order valence-corrected chi connectivity index (χ1v) is 27.5. The Kier molecular flexibility index (Phi) is 38.8. The molecule has 64 heavy (non-hydrogen) atoms. The van der Waals surface area contributed by atoms with E-state index in [4.69, 9.17) is 18.9 Å². The number of hydrogen-bond acceptors (Lipinski definition) is 11. The summed E-state index contributed by atoms with van der Waals surface area (Å²) in [6.07, 6.45) is 37.9. The van der Waals surface area contributed by atoms with E-state index in [9.17, 15) is 37.9 Å². The zero-order valence-electron chi connectivity index (χ0n) is 40.4. The van der Waals surface area contributed by atoms with Gasteiger partial charge in [-0.3, -0.25) is 14.1 Å². The molecule has 376 valence electrons. The van der Waals surface area contributed by atoms with Gasteiger partial charge < -0.3 is 34.3 Å². The first kappa shape index (κ1) is 60.1. The topological polar surface area (TPSA) is 186 Å². The van der Waals surface area contributed by atoms with E-state index < -0.39 is 71.2 Å². The van der Waals surface area contributed by atoms with Gasteiger partial charge in [-0.05, 0) is 57.8 Å². The van der Waals surface area contributed by atoms with Crippen molar-refractivity contribution >= 4 is 22.1 Å². The number of unbranched alkanes of at least 4 members (excludes halogenated alkanes) is 28. The van der Waals surface area contributed by atoms with Gasteiger partial charge in [0.05, 0.1) is 6.61 Å². The minimum atomic E-state index is -4.60. The fraction of sp³-hybridized carbons (Fsp3) is 0.882. The molecule has 0 saturated carbocycles. The summed E-state index contributed by atoms with van der Waals surface area (Å²) in [5.41, 5.74) is 0. The van der Waals surface area contributed by atoms with Crippen LogP contribution in [0.3, 0.4) is 0 Å². The summed E-state index contributed by atoms with van der Waals surface area (Å²) in [5, 5.41) is 31.0. The van der Waals surface area contributed by atoms with E-state index in [2.05, 4.69) is 38.2 Å². The van der Waals surface area contributed by atoms with Crippen molar-refractivity contribution < 1.29 is 56.8 Å². The van der Waals surface area contributed by atoms with E-state index in [0.717, 1.165) is 44.9 Å². The summed E-state index contributed by atoms with van der Waals surface area (Å²) in [4.78, 5) is 25.5. The van der Waals surface area contributed by atoms with Crippen molar-refractivity contribution in [3.8, 4) is 0 Å². The molecule has 0 aromatic heterocycles. The molecule has 0 aromatic carbocycles. The van der Waals surface area contributed by atoms with Crippen LogP contribution in [0.1, 0.15) is 232 Å². The van der Waals surface area contributed by atoms with Crippen LogP contribution in [0, 0.1) is 0 Å². The number of ether oxygens (including phenoxy) is 4. The second kappa shape index (κ2) is 41.3. The van der Waals surface area contributed by atoms with Gasteiger partial charge in [0.15, 0.2) is 12.4 Å². The highest BCUT2D eigenvalue weighted by atomic mass is 32.2. The molecule has 1 fully saturated rings. The van der Waals surface area contributed by atoms with Gasteiger partial charge >= 0.3 is 11.9 Å². The van der Waals surface area contributed by atoms with Gasteiger partial charge in [0.2, 0.25) is 0 Å². The average molecular weight is 931 g/mol. The normalized spacial score (nSPS) is 19.8. The zero-order valence-corrected chi connectivity index (χ0v) is 41.2. The van der Waals surface area contributed by atoms with Crippen molar-refractivity contribution in [1.29, 1.82) is 0 Å². The largest absolute Gasteiger partial charge is 0.462 e. The average Bonchev–Trinajstić information content (AvgIpc) is 3.26. The van der Waals surface area contributed by atoms with Crippen LogP contribution in [0.25, 0.3) is 0 Å². The summed E-state index contributed by atoms with van der Waals surface area (Å²) >= 11 is 0. The third-order valence-corrected chi connectivity index (χ3v) is 12.8. The van der Waals surface area contributed by atoms with Gasteiger partial charge in [-0.25, -0.2) is 0 Å². The Morgan fingerprint density at radius 2 is 0.906 bits per heavy atom. The van der Waals surface area contributed by atoms with E-state index in [-0.39, 0.29) is 19.4 Å². The van der Waals surface area contributed by atoms with Crippen LogP contribution in [-0.4, -0.2) is 96.0 Å². The standard InChI is InChI=1S/C51H94O12S/c1-3-5-7-9-11-13-15-17-19-20-21-22-23-24-26-27-29-31-33-35-37-39-46(52)60-41-44(42-61-51-50(56)49(55)48(54)45(63-51)43-64(57,58)59)62-47(53)40-38-36-34-32-30-28-25-18-16-14-12-10-8-6-4-2/h10,12,17,19,44-45,48-51,54-56H,3-9,11,13-16,18,20-43H2,1-2H3,(H,57,58,59)/b12-10+,19-17+/t44-,45-,48-,49?,50?,51+/m1/s1. The maximum absolute atomic E-state index is 12.9. The lowest BCUT2D eigenvalue weighted by Crippen LogP contribution is -2.60. The van der Waals surface area contributed by atoms with Gasteiger partial charge in [-0.2, -0.15) is 8.42 Å². The predicted octanol–water partition coefficient (Wildman–Crippen LogP) is 11.6.